The molecule has 0 saturated carbocycles. The second-order valence-corrected chi connectivity index (χ2v) is 6.97. The summed E-state index contributed by atoms with van der Waals surface area (Å²) in [6.45, 7) is 0. The molecule has 5 nitrogen and oxygen atoms in total. The monoisotopic (exact) mass is 376 g/mol. The number of fused-ring (bicyclic) bond motifs is 1. The molecule has 1 aromatic carbocycles. The van der Waals surface area contributed by atoms with Gasteiger partial charge in [0.15, 0.2) is 0 Å². The van der Waals surface area contributed by atoms with Gasteiger partial charge in [0.25, 0.3) is 0 Å². The number of nitrogens with zero attached hydrogens (tertiary/aromatic N) is 3. The lowest BCUT2D eigenvalue weighted by Gasteiger charge is -2.10. The normalized spacial score (nSPS) is 10.9. The van der Waals surface area contributed by atoms with Gasteiger partial charge in [0, 0.05) is 35.6 Å². The molecule has 136 valence electrons. The SMILES string of the molecule is COc1ccc(Nc2c(-c3cccnc3)nc3cc(CSC)ccn23)cc1. The van der Waals surface area contributed by atoms with E-state index in [1.54, 1.807) is 25.1 Å². The zero-order chi connectivity index (χ0) is 18.6. The second-order valence-electron chi connectivity index (χ2n) is 6.10. The molecule has 0 aliphatic carbocycles. The van der Waals surface area contributed by atoms with E-state index in [9.17, 15) is 0 Å². The molecule has 4 aromatic rings. The van der Waals surface area contributed by atoms with Crippen molar-refractivity contribution in [1.82, 2.24) is 14.4 Å². The van der Waals surface area contributed by atoms with Gasteiger partial charge in [-0.25, -0.2) is 4.98 Å². The third kappa shape index (κ3) is 3.61. The Morgan fingerprint density at radius 3 is 2.70 bits per heavy atom. The Labute approximate surface area is 162 Å². The lowest BCUT2D eigenvalue weighted by atomic mass is 10.2. The second kappa shape index (κ2) is 7.72. The number of hydrogen-bond donors (Lipinski definition) is 1. The lowest BCUT2D eigenvalue weighted by Crippen LogP contribution is -1.97. The number of thioether (sulfide) groups is 1. The third-order valence-electron chi connectivity index (χ3n) is 4.29. The van der Waals surface area contributed by atoms with Gasteiger partial charge < -0.3 is 10.1 Å². The van der Waals surface area contributed by atoms with Crippen molar-refractivity contribution in [1.29, 1.82) is 0 Å². The molecule has 0 unspecified atom stereocenters. The molecule has 0 radical (unpaired) electrons. The van der Waals surface area contributed by atoms with Crippen LogP contribution >= 0.6 is 11.8 Å². The number of ether oxygens (including phenoxy) is 1. The van der Waals surface area contributed by atoms with E-state index >= 15 is 0 Å². The molecular weight excluding hydrogens is 356 g/mol. The average Bonchev–Trinajstić information content (AvgIpc) is 3.07. The number of hydrogen-bond acceptors (Lipinski definition) is 5. The van der Waals surface area contributed by atoms with Crippen LogP contribution in [0.15, 0.2) is 67.1 Å². The van der Waals surface area contributed by atoms with Crippen LogP contribution in [-0.2, 0) is 5.75 Å². The molecule has 3 heterocycles. The maximum atomic E-state index is 5.25. The minimum absolute atomic E-state index is 0.827. The third-order valence-corrected chi connectivity index (χ3v) is 4.91. The summed E-state index contributed by atoms with van der Waals surface area (Å²) < 4.78 is 7.33. The summed E-state index contributed by atoms with van der Waals surface area (Å²) in [5, 5.41) is 3.51. The minimum Gasteiger partial charge on any atom is -0.497 e. The van der Waals surface area contributed by atoms with Crippen molar-refractivity contribution in [3.63, 3.8) is 0 Å². The zero-order valence-electron chi connectivity index (χ0n) is 15.2. The van der Waals surface area contributed by atoms with Crippen LogP contribution in [-0.4, -0.2) is 27.7 Å². The zero-order valence-corrected chi connectivity index (χ0v) is 16.0. The Kier molecular flexibility index (Phi) is 4.98. The molecule has 27 heavy (non-hydrogen) atoms. The van der Waals surface area contributed by atoms with Gasteiger partial charge >= 0.3 is 0 Å². The smallest absolute Gasteiger partial charge is 0.143 e. The number of anilines is 2. The van der Waals surface area contributed by atoms with E-state index in [2.05, 4.69) is 39.3 Å². The van der Waals surface area contributed by atoms with Crippen molar-refractivity contribution in [2.45, 2.75) is 5.75 Å². The van der Waals surface area contributed by atoms with Gasteiger partial charge in [-0.3, -0.25) is 9.38 Å². The summed E-state index contributed by atoms with van der Waals surface area (Å²) in [5.74, 6) is 2.71. The van der Waals surface area contributed by atoms with Gasteiger partial charge in [0.2, 0.25) is 0 Å². The average molecular weight is 376 g/mol. The largest absolute Gasteiger partial charge is 0.497 e. The number of nitrogens with one attached hydrogen (secondary N) is 1. The summed E-state index contributed by atoms with van der Waals surface area (Å²) in [6, 6.07) is 16.1. The van der Waals surface area contributed by atoms with Gasteiger partial charge in [-0.05, 0) is 60.4 Å². The highest BCUT2D eigenvalue weighted by Gasteiger charge is 2.15. The Hall–Kier alpha value is -2.99. The van der Waals surface area contributed by atoms with E-state index in [0.29, 0.717) is 0 Å². The van der Waals surface area contributed by atoms with Crippen LogP contribution in [0.3, 0.4) is 0 Å². The first-order chi connectivity index (χ1) is 13.3. The van der Waals surface area contributed by atoms with Gasteiger partial charge in [-0.2, -0.15) is 11.8 Å². The fourth-order valence-electron chi connectivity index (χ4n) is 2.98. The molecular formula is C21H20N4OS. The summed E-state index contributed by atoms with van der Waals surface area (Å²) in [7, 11) is 1.67. The van der Waals surface area contributed by atoms with E-state index in [-0.39, 0.29) is 0 Å². The fraction of sp³-hybridized carbons (Fsp3) is 0.143. The highest BCUT2D eigenvalue weighted by Crippen LogP contribution is 2.31. The van der Waals surface area contributed by atoms with Crippen molar-refractivity contribution >= 4 is 28.9 Å². The van der Waals surface area contributed by atoms with Crippen molar-refractivity contribution in [3.8, 4) is 17.0 Å². The number of aromatic nitrogens is 3. The van der Waals surface area contributed by atoms with Crippen LogP contribution in [0.4, 0.5) is 11.5 Å². The molecule has 0 bridgehead atoms. The van der Waals surface area contributed by atoms with E-state index < -0.39 is 0 Å². The van der Waals surface area contributed by atoms with Gasteiger partial charge in [0.1, 0.15) is 22.9 Å². The van der Waals surface area contributed by atoms with E-state index in [1.807, 2.05) is 42.6 Å². The molecule has 4 rings (SSSR count). The number of benzene rings is 1. The Bertz CT molecular complexity index is 1050. The van der Waals surface area contributed by atoms with Gasteiger partial charge in [-0.15, -0.1) is 0 Å². The molecule has 6 heteroatoms. The first-order valence-electron chi connectivity index (χ1n) is 8.60. The number of imidazole rings is 1. The molecule has 3 aromatic heterocycles. The molecule has 1 N–H and O–H groups in total. The standard InChI is InChI=1S/C21H20N4OS/c1-26-18-7-5-17(6-8-18)23-21-20(16-4-3-10-22-13-16)24-19-12-15(14-27-2)9-11-25(19)21/h3-13,23H,14H2,1-2H3. The van der Waals surface area contributed by atoms with Crippen molar-refractivity contribution < 1.29 is 4.74 Å². The van der Waals surface area contributed by atoms with Crippen LogP contribution in [0, 0.1) is 0 Å². The maximum Gasteiger partial charge on any atom is 0.143 e. The minimum atomic E-state index is 0.827. The van der Waals surface area contributed by atoms with Crippen LogP contribution < -0.4 is 10.1 Å². The summed E-state index contributed by atoms with van der Waals surface area (Å²) >= 11 is 1.80. The van der Waals surface area contributed by atoms with Gasteiger partial charge in [0.05, 0.1) is 7.11 Å². The Morgan fingerprint density at radius 2 is 2.00 bits per heavy atom. The van der Waals surface area contributed by atoms with Crippen molar-refractivity contribution in [2.24, 2.45) is 0 Å². The number of methoxy groups -OCH3 is 1. The van der Waals surface area contributed by atoms with Crippen molar-refractivity contribution in [3.05, 3.63) is 72.7 Å². The van der Waals surface area contributed by atoms with Crippen LogP contribution in [0.25, 0.3) is 16.9 Å². The quantitative estimate of drug-likeness (QED) is 0.512. The molecule has 0 spiro atoms. The van der Waals surface area contributed by atoms with Crippen LogP contribution in [0.5, 0.6) is 5.75 Å². The molecule has 0 amide bonds. The molecule has 0 saturated heterocycles. The predicted molar refractivity (Wildman–Crippen MR) is 112 cm³/mol. The van der Waals surface area contributed by atoms with Gasteiger partial charge in [-0.1, -0.05) is 0 Å². The topological polar surface area (TPSA) is 51.5 Å². The highest BCUT2D eigenvalue weighted by atomic mass is 32.2. The molecule has 0 aliphatic rings. The van der Waals surface area contributed by atoms with E-state index in [4.69, 9.17) is 9.72 Å². The predicted octanol–water partition coefficient (Wildman–Crippen LogP) is 5.01. The van der Waals surface area contributed by atoms with Crippen molar-refractivity contribution in [2.75, 3.05) is 18.7 Å². The fourth-order valence-corrected chi connectivity index (χ4v) is 3.49. The first-order valence-corrected chi connectivity index (χ1v) is 9.99. The number of pyridine rings is 2. The Morgan fingerprint density at radius 1 is 1.15 bits per heavy atom. The summed E-state index contributed by atoms with van der Waals surface area (Å²) in [6.07, 6.45) is 7.78. The number of rotatable bonds is 6. The molecule has 0 atom stereocenters. The molecule has 0 aliphatic heterocycles. The lowest BCUT2D eigenvalue weighted by molar-refractivity contribution is 0.415. The maximum absolute atomic E-state index is 5.25. The van der Waals surface area contributed by atoms with Crippen LogP contribution in [0.2, 0.25) is 0 Å². The first kappa shape index (κ1) is 17.4. The van der Waals surface area contributed by atoms with E-state index in [0.717, 1.165) is 39.9 Å². The summed E-state index contributed by atoms with van der Waals surface area (Å²) in [4.78, 5) is 9.13. The molecule has 0 fully saturated rings. The van der Waals surface area contributed by atoms with Crippen LogP contribution in [0.1, 0.15) is 5.56 Å². The highest BCUT2D eigenvalue weighted by molar-refractivity contribution is 7.97. The van der Waals surface area contributed by atoms with E-state index in [1.165, 1.54) is 5.56 Å². The summed E-state index contributed by atoms with van der Waals surface area (Å²) in [5.41, 5.74) is 4.99. The Balaban J connectivity index is 1.82.